The third-order valence-electron chi connectivity index (χ3n) is 4.39. The van der Waals surface area contributed by atoms with Crippen LogP contribution >= 0.6 is 0 Å². The van der Waals surface area contributed by atoms with Gasteiger partial charge >= 0.3 is 5.97 Å². The zero-order chi connectivity index (χ0) is 25.6. The van der Waals surface area contributed by atoms with Gasteiger partial charge in [-0.1, -0.05) is 12.1 Å². The van der Waals surface area contributed by atoms with Gasteiger partial charge < -0.3 is 10.4 Å². The van der Waals surface area contributed by atoms with Crippen LogP contribution in [0.25, 0.3) is 0 Å². The van der Waals surface area contributed by atoms with Crippen molar-refractivity contribution in [2.45, 2.75) is 18.7 Å². The highest BCUT2D eigenvalue weighted by Crippen LogP contribution is 2.18. The largest absolute Gasteiger partial charge is 0.478 e. The van der Waals surface area contributed by atoms with Crippen molar-refractivity contribution in [2.75, 3.05) is 15.5 Å². The molecule has 0 saturated carbocycles. The molecule has 0 aliphatic heterocycles. The number of carboxylic acid groups (broad SMARTS) is 1. The Kier molecular flexibility index (Phi) is 7.37. The molecule has 0 bridgehead atoms. The van der Waals surface area contributed by atoms with E-state index in [0.29, 0.717) is 17.2 Å². The minimum Gasteiger partial charge on any atom is -0.478 e. The number of nitriles is 1. The molecule has 0 radical (unpaired) electrons. The first-order chi connectivity index (χ1) is 16.6. The van der Waals surface area contributed by atoms with Crippen molar-refractivity contribution in [2.24, 2.45) is 5.10 Å². The number of para-hydroxylation sites is 1. The smallest absolute Gasteiger partial charge is 0.337 e. The first-order valence-corrected chi connectivity index (χ1v) is 11.4. The molecule has 3 aromatic rings. The van der Waals surface area contributed by atoms with Gasteiger partial charge in [-0.3, -0.25) is 14.9 Å². The summed E-state index contributed by atoms with van der Waals surface area (Å²) in [7, 11) is -3.93. The zero-order valence-corrected chi connectivity index (χ0v) is 19.3. The summed E-state index contributed by atoms with van der Waals surface area (Å²) in [5.41, 5.74) is 2.68. The van der Waals surface area contributed by atoms with Crippen molar-refractivity contribution >= 4 is 44.8 Å². The minimum atomic E-state index is -3.93. The quantitative estimate of drug-likeness (QED) is 0.270. The highest BCUT2D eigenvalue weighted by molar-refractivity contribution is 7.92. The van der Waals surface area contributed by atoms with Crippen LogP contribution in [-0.2, 0) is 14.8 Å². The van der Waals surface area contributed by atoms with Gasteiger partial charge in [-0.25, -0.2) is 23.2 Å². The lowest BCUT2D eigenvalue weighted by Crippen LogP contribution is -2.23. The van der Waals surface area contributed by atoms with Crippen molar-refractivity contribution in [1.29, 1.82) is 5.26 Å². The molecule has 0 aliphatic rings. The number of nitrogens with one attached hydrogen (secondary N) is 3. The number of carbonyl (C=O) groups excluding carboxylic acids is 1. The summed E-state index contributed by atoms with van der Waals surface area (Å²) in [6.07, 6.45) is 0. The lowest BCUT2D eigenvalue weighted by atomic mass is 10.1. The van der Waals surface area contributed by atoms with Gasteiger partial charge in [0.15, 0.2) is 0 Å². The Morgan fingerprint density at radius 3 is 2.37 bits per heavy atom. The average molecular weight is 494 g/mol. The monoisotopic (exact) mass is 493 g/mol. The summed E-state index contributed by atoms with van der Waals surface area (Å²) in [6.45, 7) is 3.36. The number of amides is 1. The minimum absolute atomic E-state index is 0.00378. The predicted molar refractivity (Wildman–Crippen MR) is 127 cm³/mol. The Labute approximate surface area is 200 Å². The summed E-state index contributed by atoms with van der Waals surface area (Å²) in [6, 6.07) is 14.2. The van der Waals surface area contributed by atoms with Crippen LogP contribution in [0.5, 0.6) is 0 Å². The van der Waals surface area contributed by atoms with E-state index in [9.17, 15) is 28.4 Å². The van der Waals surface area contributed by atoms with Crippen molar-refractivity contribution < 1.29 is 23.1 Å². The van der Waals surface area contributed by atoms with Gasteiger partial charge in [-0.15, -0.1) is 0 Å². The van der Waals surface area contributed by atoms with Crippen LogP contribution in [0.2, 0.25) is 0 Å². The molecule has 1 heterocycles. The lowest BCUT2D eigenvalue weighted by molar-refractivity contribution is -0.110. The number of carboxylic acids is 1. The summed E-state index contributed by atoms with van der Waals surface area (Å²) in [5.74, 6) is -1.61. The number of hydrogen-bond donors (Lipinski definition) is 4. The molecule has 0 atom stereocenters. The van der Waals surface area contributed by atoms with Gasteiger partial charge in [0, 0.05) is 11.8 Å². The molecule has 35 heavy (non-hydrogen) atoms. The second-order valence-electron chi connectivity index (χ2n) is 7.06. The fourth-order valence-corrected chi connectivity index (χ4v) is 3.87. The first-order valence-electron chi connectivity index (χ1n) is 9.91. The molecule has 1 aromatic heterocycles. The highest BCUT2D eigenvalue weighted by Gasteiger charge is 2.17. The number of rotatable bonds is 8. The van der Waals surface area contributed by atoms with E-state index in [1.807, 2.05) is 0 Å². The number of nitrogens with zero attached hydrogens (tertiary/aromatic N) is 4. The third kappa shape index (κ3) is 6.36. The molecule has 178 valence electrons. The molecular weight excluding hydrogens is 474 g/mol. The Bertz CT molecular complexity index is 1440. The molecule has 1 amide bonds. The van der Waals surface area contributed by atoms with Crippen LogP contribution in [0.4, 0.5) is 17.2 Å². The molecule has 13 heteroatoms. The molecule has 2 aromatic carbocycles. The molecule has 12 nitrogen and oxygen atoms in total. The predicted octanol–water partition coefficient (Wildman–Crippen LogP) is 2.52. The topological polar surface area (TPSA) is 187 Å². The van der Waals surface area contributed by atoms with Gasteiger partial charge in [-0.05, 0) is 50.2 Å². The van der Waals surface area contributed by atoms with Crippen molar-refractivity contribution in [3.05, 3.63) is 71.7 Å². The van der Waals surface area contributed by atoms with Gasteiger partial charge in [-0.2, -0.15) is 10.4 Å². The fraction of sp³-hybridized carbons (Fsp3) is 0.0909. The van der Waals surface area contributed by atoms with Crippen LogP contribution in [-0.4, -0.2) is 41.1 Å². The number of sulfonamides is 1. The van der Waals surface area contributed by atoms with Crippen LogP contribution in [0.3, 0.4) is 0 Å². The summed E-state index contributed by atoms with van der Waals surface area (Å²) >= 11 is 0. The Hall–Kier alpha value is -4.83. The van der Waals surface area contributed by atoms with Gasteiger partial charge in [0.2, 0.25) is 5.71 Å². The molecule has 3 rings (SSSR count). The number of hydrogen-bond acceptors (Lipinski definition) is 9. The SMILES string of the molecule is Cc1cc(NS(=O)(=O)c2ccc(N/N=C(\C#N)C(=O)Nc3ccccc3C(=O)O)cc2)nc(C)n1. The van der Waals surface area contributed by atoms with E-state index in [0.717, 1.165) is 0 Å². The molecular formula is C22H19N7O5S. The van der Waals surface area contributed by atoms with Crippen molar-refractivity contribution in [3.8, 4) is 6.07 Å². The molecule has 0 saturated heterocycles. The molecule has 4 N–H and O–H groups in total. The van der Waals surface area contributed by atoms with E-state index in [-0.39, 0.29) is 22.0 Å². The van der Waals surface area contributed by atoms with E-state index in [1.54, 1.807) is 19.9 Å². The number of anilines is 3. The Morgan fingerprint density at radius 2 is 1.74 bits per heavy atom. The van der Waals surface area contributed by atoms with Crippen LogP contribution in [0, 0.1) is 25.2 Å². The van der Waals surface area contributed by atoms with Crippen LogP contribution in [0.1, 0.15) is 21.9 Å². The molecule has 0 aliphatic carbocycles. The second kappa shape index (κ2) is 10.4. The molecule has 0 spiro atoms. The molecule has 0 unspecified atom stereocenters. The number of aromatic nitrogens is 2. The number of carbonyl (C=O) groups is 2. The zero-order valence-electron chi connectivity index (χ0n) is 18.5. The highest BCUT2D eigenvalue weighted by atomic mass is 32.2. The summed E-state index contributed by atoms with van der Waals surface area (Å²) in [4.78, 5) is 31.7. The number of aryl methyl sites for hydroxylation is 2. The maximum absolute atomic E-state index is 12.6. The maximum Gasteiger partial charge on any atom is 0.337 e. The second-order valence-corrected chi connectivity index (χ2v) is 8.74. The third-order valence-corrected chi connectivity index (χ3v) is 5.76. The number of aromatic carboxylic acids is 1. The standard InChI is InChI=1S/C22H19N7O5S/c1-13-11-20(25-14(2)24-13)29-35(33,34)16-9-7-15(8-10-16)27-28-19(12-23)21(30)26-18-6-4-3-5-17(18)22(31)32/h3-11,27H,1-2H3,(H,26,30)(H,31,32)(H,24,25,29)/b28-19+. The van der Waals surface area contributed by atoms with E-state index >= 15 is 0 Å². The Balaban J connectivity index is 1.71. The van der Waals surface area contributed by atoms with E-state index in [2.05, 4.69) is 30.5 Å². The van der Waals surface area contributed by atoms with Gasteiger partial charge in [0.05, 0.1) is 21.8 Å². The number of benzene rings is 2. The average Bonchev–Trinajstić information content (AvgIpc) is 2.79. The fourth-order valence-electron chi connectivity index (χ4n) is 2.88. The number of hydrazone groups is 1. The van der Waals surface area contributed by atoms with E-state index in [4.69, 9.17) is 0 Å². The summed E-state index contributed by atoms with van der Waals surface area (Å²) < 4.78 is 27.6. The normalized spacial score (nSPS) is 11.3. The van der Waals surface area contributed by atoms with Gasteiger partial charge in [0.1, 0.15) is 17.7 Å². The Morgan fingerprint density at radius 1 is 1.06 bits per heavy atom. The lowest BCUT2D eigenvalue weighted by Gasteiger charge is -2.09. The van der Waals surface area contributed by atoms with E-state index in [1.165, 1.54) is 54.6 Å². The van der Waals surface area contributed by atoms with Crippen molar-refractivity contribution in [3.63, 3.8) is 0 Å². The van der Waals surface area contributed by atoms with Crippen LogP contribution in [0.15, 0.2) is 64.6 Å². The van der Waals surface area contributed by atoms with Crippen LogP contribution < -0.4 is 15.5 Å². The maximum atomic E-state index is 12.6. The van der Waals surface area contributed by atoms with E-state index < -0.39 is 27.6 Å². The summed E-state index contributed by atoms with van der Waals surface area (Å²) in [5, 5.41) is 24.5. The molecule has 0 fully saturated rings. The van der Waals surface area contributed by atoms with Gasteiger partial charge in [0.25, 0.3) is 15.9 Å². The van der Waals surface area contributed by atoms with Crippen molar-refractivity contribution in [1.82, 2.24) is 9.97 Å². The first kappa shape index (κ1) is 24.8.